The van der Waals surface area contributed by atoms with Crippen LogP contribution in [0.15, 0.2) is 0 Å². The van der Waals surface area contributed by atoms with E-state index < -0.39 is 0 Å². The number of rotatable bonds is 0. The second-order valence-electron chi connectivity index (χ2n) is 16.2. The van der Waals surface area contributed by atoms with E-state index >= 15 is 0 Å². The maximum absolute atomic E-state index is 2.46. The first-order valence-corrected chi connectivity index (χ1v) is 29.0. The second kappa shape index (κ2) is 57.0. The van der Waals surface area contributed by atoms with E-state index in [0.29, 0.717) is 0 Å². The zero-order valence-electron chi connectivity index (χ0n) is 50.2. The molecule has 0 bridgehead atoms. The van der Waals surface area contributed by atoms with Gasteiger partial charge in [0, 0.05) is 52.4 Å². The Morgan fingerprint density at radius 1 is 0.177 bits per heavy atom. The van der Waals surface area contributed by atoms with Crippen LogP contribution in [-0.2, 0) is 0 Å². The van der Waals surface area contributed by atoms with Crippen molar-refractivity contribution in [2.45, 2.75) is 282 Å². The molecule has 8 rings (SSSR count). The Hall–Kier alpha value is -0.160. The third-order valence-electron chi connectivity index (χ3n) is 12.0. The number of hydrogen-bond donors (Lipinski definition) is 0. The highest BCUT2D eigenvalue weighted by Gasteiger charge is 2.45. The molecular formula is C58H136N4. The molecule has 0 amide bonds. The zero-order chi connectivity index (χ0) is 50.7. The van der Waals surface area contributed by atoms with Crippen LogP contribution in [-0.4, -0.2) is 100 Å². The highest BCUT2D eigenvalue weighted by atomic mass is 15.2. The molecule has 4 heterocycles. The quantitative estimate of drug-likeness (QED) is 0.240. The minimum absolute atomic E-state index is 0.783. The average molecular weight is 890 g/mol. The molecule has 0 unspecified atom stereocenters. The maximum atomic E-state index is 2.46. The highest BCUT2D eigenvalue weighted by Crippen LogP contribution is 2.47. The molecule has 4 spiro atoms. The Morgan fingerprint density at radius 3 is 0.403 bits per heavy atom. The predicted octanol–water partition coefficient (Wildman–Crippen LogP) is 19.1. The summed E-state index contributed by atoms with van der Waals surface area (Å²) in [7, 11) is 8.92. The molecule has 4 saturated carbocycles. The largest absolute Gasteiger partial charge is 0.305 e. The fourth-order valence-electron chi connectivity index (χ4n) is 10.2. The Bertz CT molecular complexity index is 688. The van der Waals surface area contributed by atoms with E-state index in [9.17, 15) is 0 Å². The van der Waals surface area contributed by atoms with Crippen molar-refractivity contribution in [3.63, 3.8) is 0 Å². The smallest absolute Gasteiger partial charge is 0.00474 e. The molecular weight excluding hydrogens is 753 g/mol. The van der Waals surface area contributed by atoms with Crippen molar-refractivity contribution in [1.29, 1.82) is 0 Å². The predicted molar refractivity (Wildman–Crippen MR) is 299 cm³/mol. The summed E-state index contributed by atoms with van der Waals surface area (Å²) >= 11 is 0. The van der Waals surface area contributed by atoms with Crippen molar-refractivity contribution in [2.24, 2.45) is 21.7 Å². The van der Waals surface area contributed by atoms with E-state index in [0.717, 1.165) is 21.7 Å². The van der Waals surface area contributed by atoms with Crippen molar-refractivity contribution in [2.75, 3.05) is 80.5 Å². The van der Waals surface area contributed by atoms with E-state index in [4.69, 9.17) is 0 Å². The van der Waals surface area contributed by atoms with Gasteiger partial charge in [-0.2, -0.15) is 0 Å². The molecule has 4 nitrogen and oxygen atoms in total. The van der Waals surface area contributed by atoms with Crippen molar-refractivity contribution in [3.05, 3.63) is 0 Å². The van der Waals surface area contributed by atoms with Gasteiger partial charge in [0.2, 0.25) is 0 Å². The lowest BCUT2D eigenvalue weighted by molar-refractivity contribution is -0.0436. The van der Waals surface area contributed by atoms with Gasteiger partial charge in [-0.25, -0.2) is 0 Å². The van der Waals surface area contributed by atoms with Crippen molar-refractivity contribution in [3.8, 4) is 0 Å². The van der Waals surface area contributed by atoms with Crippen molar-refractivity contribution >= 4 is 0 Å². The van der Waals surface area contributed by atoms with Gasteiger partial charge in [-0.15, -0.1) is 0 Å². The fraction of sp³-hybridized carbons (Fsp3) is 1.00. The van der Waals surface area contributed by atoms with Crippen molar-refractivity contribution < 1.29 is 0 Å². The van der Waals surface area contributed by atoms with Crippen LogP contribution in [0.4, 0.5) is 0 Å². The van der Waals surface area contributed by atoms with Crippen LogP contribution in [0.2, 0.25) is 0 Å². The van der Waals surface area contributed by atoms with Crippen LogP contribution in [0.3, 0.4) is 0 Å². The fourth-order valence-corrected chi connectivity index (χ4v) is 10.2. The molecule has 0 N–H and O–H groups in total. The summed E-state index contributed by atoms with van der Waals surface area (Å²) in [6.07, 6.45) is 27.0. The monoisotopic (exact) mass is 889 g/mol. The summed E-state index contributed by atoms with van der Waals surface area (Å²) in [5.74, 6) is 0. The van der Waals surface area contributed by atoms with Gasteiger partial charge in [0.25, 0.3) is 0 Å². The highest BCUT2D eigenvalue weighted by molar-refractivity contribution is 4.99. The van der Waals surface area contributed by atoms with Crippen LogP contribution in [0.5, 0.6) is 0 Å². The van der Waals surface area contributed by atoms with Crippen LogP contribution in [0.1, 0.15) is 282 Å². The standard InChI is InChI=1S/C10H19N.C9H17N.C8H15N.C7H13N.12C2H6/c1-11-8-10(9-11)6-4-2-3-5-7-10;1-10-7-9(8-10)5-3-2-4-6-9;1-9-6-8(7-9)4-2-3-5-8;1-8-5-7(6-8)3-2-4-7;12*1-2/h2-9H2,1H3;2-8H2,1H3;2-7H2,1H3;2-6H2,1H3;12*1-2H3. The van der Waals surface area contributed by atoms with Crippen LogP contribution >= 0.6 is 0 Å². The van der Waals surface area contributed by atoms with Gasteiger partial charge in [-0.05, 0) is 101 Å². The molecule has 8 fully saturated rings. The van der Waals surface area contributed by atoms with Gasteiger partial charge in [-0.3, -0.25) is 0 Å². The van der Waals surface area contributed by atoms with Crippen LogP contribution < -0.4 is 0 Å². The third-order valence-corrected chi connectivity index (χ3v) is 12.0. The first kappa shape index (κ1) is 79.0. The van der Waals surface area contributed by atoms with Gasteiger partial charge in [0.15, 0.2) is 0 Å². The van der Waals surface area contributed by atoms with Gasteiger partial charge in [0.05, 0.1) is 0 Å². The molecule has 0 aromatic rings. The Balaban J connectivity index is -0.0000000902. The Morgan fingerprint density at radius 2 is 0.290 bits per heavy atom. The zero-order valence-corrected chi connectivity index (χ0v) is 50.2. The molecule has 0 aromatic carbocycles. The van der Waals surface area contributed by atoms with Crippen molar-refractivity contribution in [1.82, 2.24) is 19.6 Å². The molecule has 4 aliphatic heterocycles. The molecule has 8 aliphatic rings. The SMILES string of the molecule is CC.CC.CC.CC.CC.CC.CC.CC.CC.CC.CC.CC.CN1CC2(CCC2)C1.CN1CC2(CCCC2)C1.CN1CC2(CCCCC2)C1.CN1CC2(CCCCCC2)C1. The minimum Gasteiger partial charge on any atom is -0.305 e. The number of nitrogens with zero attached hydrogens (tertiary/aromatic N) is 4. The lowest BCUT2D eigenvalue weighted by Gasteiger charge is -2.54. The summed E-state index contributed by atoms with van der Waals surface area (Å²) in [6, 6.07) is 0. The van der Waals surface area contributed by atoms with Gasteiger partial charge in [-0.1, -0.05) is 230 Å². The number of hydrogen-bond acceptors (Lipinski definition) is 4. The molecule has 0 radical (unpaired) electrons. The summed E-state index contributed by atoms with van der Waals surface area (Å²) < 4.78 is 0. The first-order chi connectivity index (χ1) is 30.2. The van der Waals surface area contributed by atoms with Gasteiger partial charge >= 0.3 is 0 Å². The summed E-state index contributed by atoms with van der Waals surface area (Å²) in [4.78, 5) is 9.76. The van der Waals surface area contributed by atoms with E-state index in [1.54, 1.807) is 0 Å². The molecule has 0 aromatic heterocycles. The lowest BCUT2D eigenvalue weighted by atomic mass is 9.64. The molecule has 4 aliphatic carbocycles. The molecule has 4 heteroatoms. The third kappa shape index (κ3) is 34.2. The number of likely N-dealkylation sites (tertiary alicyclic amines) is 4. The maximum Gasteiger partial charge on any atom is 0.00474 e. The lowest BCUT2D eigenvalue weighted by Crippen LogP contribution is -2.57. The van der Waals surface area contributed by atoms with E-state index in [2.05, 4.69) is 47.8 Å². The molecule has 62 heavy (non-hydrogen) atoms. The van der Waals surface area contributed by atoms with Crippen LogP contribution in [0, 0.1) is 21.7 Å². The van der Waals surface area contributed by atoms with E-state index in [-0.39, 0.29) is 0 Å². The van der Waals surface area contributed by atoms with E-state index in [1.807, 2.05) is 166 Å². The normalized spacial score (nSPS) is 21.1. The van der Waals surface area contributed by atoms with E-state index in [1.165, 1.54) is 168 Å². The average Bonchev–Trinajstić information content (AvgIpc) is 3.68. The first-order valence-electron chi connectivity index (χ1n) is 29.0. The second-order valence-corrected chi connectivity index (χ2v) is 16.2. The summed E-state index contributed by atoms with van der Waals surface area (Å²) in [5, 5.41) is 0. The van der Waals surface area contributed by atoms with Gasteiger partial charge < -0.3 is 19.6 Å². The Kier molecular flexibility index (Phi) is 72.6. The van der Waals surface area contributed by atoms with Gasteiger partial charge in [0.1, 0.15) is 0 Å². The summed E-state index contributed by atoms with van der Waals surface area (Å²) in [5.41, 5.74) is 3.24. The Labute approximate surface area is 402 Å². The van der Waals surface area contributed by atoms with Crippen LogP contribution in [0.25, 0.3) is 0 Å². The molecule has 388 valence electrons. The topological polar surface area (TPSA) is 13.0 Å². The summed E-state index contributed by atoms with van der Waals surface area (Å²) in [6.45, 7) is 59.1. The minimum atomic E-state index is 0.783. The molecule has 4 saturated heterocycles. The molecule has 0 atom stereocenters.